The van der Waals surface area contributed by atoms with Crippen LogP contribution in [0.25, 0.3) is 0 Å². The molecule has 0 atom stereocenters. The number of aromatic nitrogens is 1. The van der Waals surface area contributed by atoms with Crippen LogP contribution in [-0.4, -0.2) is 16.9 Å². The predicted molar refractivity (Wildman–Crippen MR) is 82.1 cm³/mol. The summed E-state index contributed by atoms with van der Waals surface area (Å²) in [7, 11) is 0. The Morgan fingerprint density at radius 1 is 1.15 bits per heavy atom. The molecule has 4 nitrogen and oxygen atoms in total. The molecule has 0 saturated heterocycles. The molecule has 5 heteroatoms. The zero-order valence-corrected chi connectivity index (χ0v) is 12.4. The summed E-state index contributed by atoms with van der Waals surface area (Å²) in [4.78, 5) is 16.1. The van der Waals surface area contributed by atoms with Crippen LogP contribution in [0.2, 0.25) is 0 Å². The molecule has 0 bridgehead atoms. The van der Waals surface area contributed by atoms with Crippen molar-refractivity contribution in [2.75, 3.05) is 5.32 Å². The van der Waals surface area contributed by atoms with E-state index in [1.807, 2.05) is 30.3 Å². The van der Waals surface area contributed by atoms with E-state index in [0.717, 1.165) is 28.7 Å². The minimum absolute atomic E-state index is 0.105. The lowest BCUT2D eigenvalue weighted by molar-refractivity contribution is 0.0946. The Morgan fingerprint density at radius 2 is 1.90 bits per heavy atom. The lowest BCUT2D eigenvalue weighted by atomic mass is 10.2. The van der Waals surface area contributed by atoms with E-state index in [9.17, 15) is 4.79 Å². The first-order valence-corrected chi connectivity index (χ1v) is 7.29. The lowest BCUT2D eigenvalue weighted by Gasteiger charge is -2.08. The predicted octanol–water partition coefficient (Wildman–Crippen LogP) is 3.48. The Labute approximate surface area is 125 Å². The minimum Gasteiger partial charge on any atom is -0.355 e. The van der Waals surface area contributed by atoms with Gasteiger partial charge in [0.1, 0.15) is 5.69 Å². The van der Waals surface area contributed by atoms with Crippen LogP contribution in [0.15, 0.2) is 47.1 Å². The number of pyridine rings is 1. The number of hydrogen-bond donors (Lipinski definition) is 2. The van der Waals surface area contributed by atoms with Gasteiger partial charge in [0.15, 0.2) is 0 Å². The normalized spacial score (nSPS) is 13.8. The molecule has 1 saturated carbocycles. The SMILES string of the molecule is O=C(NC1CC1)c1cc(Nc2ccc(Br)cc2)ccn1. The van der Waals surface area contributed by atoms with Gasteiger partial charge in [0.05, 0.1) is 0 Å². The van der Waals surface area contributed by atoms with E-state index in [4.69, 9.17) is 0 Å². The van der Waals surface area contributed by atoms with Crippen molar-refractivity contribution in [3.63, 3.8) is 0 Å². The van der Waals surface area contributed by atoms with E-state index >= 15 is 0 Å². The van der Waals surface area contributed by atoms with Crippen LogP contribution in [0.5, 0.6) is 0 Å². The maximum Gasteiger partial charge on any atom is 0.270 e. The molecule has 20 heavy (non-hydrogen) atoms. The van der Waals surface area contributed by atoms with Crippen LogP contribution in [-0.2, 0) is 0 Å². The summed E-state index contributed by atoms with van der Waals surface area (Å²) in [6.07, 6.45) is 3.79. The molecule has 1 aromatic heterocycles. The van der Waals surface area contributed by atoms with E-state index in [-0.39, 0.29) is 5.91 Å². The van der Waals surface area contributed by atoms with E-state index in [2.05, 4.69) is 31.5 Å². The summed E-state index contributed by atoms with van der Waals surface area (Å²) in [6.45, 7) is 0. The second kappa shape index (κ2) is 5.63. The van der Waals surface area contributed by atoms with Gasteiger partial charge in [-0.1, -0.05) is 15.9 Å². The summed E-state index contributed by atoms with van der Waals surface area (Å²) < 4.78 is 1.03. The molecule has 0 radical (unpaired) electrons. The fourth-order valence-electron chi connectivity index (χ4n) is 1.82. The summed E-state index contributed by atoms with van der Waals surface area (Å²) >= 11 is 3.40. The molecule has 2 aromatic rings. The van der Waals surface area contributed by atoms with Gasteiger partial charge in [0, 0.05) is 28.1 Å². The number of rotatable bonds is 4. The van der Waals surface area contributed by atoms with E-state index in [1.165, 1.54) is 0 Å². The Bertz CT molecular complexity index is 623. The van der Waals surface area contributed by atoms with Gasteiger partial charge in [-0.3, -0.25) is 9.78 Å². The van der Waals surface area contributed by atoms with Gasteiger partial charge >= 0.3 is 0 Å². The molecule has 0 unspecified atom stereocenters. The smallest absolute Gasteiger partial charge is 0.270 e. The summed E-state index contributed by atoms with van der Waals surface area (Å²) in [5.41, 5.74) is 2.26. The number of carbonyl (C=O) groups is 1. The largest absolute Gasteiger partial charge is 0.355 e. The molecular formula is C15H14BrN3O. The Kier molecular flexibility index (Phi) is 3.69. The van der Waals surface area contributed by atoms with Gasteiger partial charge in [-0.15, -0.1) is 0 Å². The average Bonchev–Trinajstić information content (AvgIpc) is 3.26. The second-order valence-electron chi connectivity index (χ2n) is 4.81. The van der Waals surface area contributed by atoms with Crippen molar-refractivity contribution in [1.29, 1.82) is 0 Å². The van der Waals surface area contributed by atoms with Gasteiger partial charge in [0.2, 0.25) is 0 Å². The summed E-state index contributed by atoms with van der Waals surface area (Å²) in [5, 5.41) is 6.19. The third-order valence-electron chi connectivity index (χ3n) is 3.04. The highest BCUT2D eigenvalue weighted by Crippen LogP contribution is 2.21. The molecular weight excluding hydrogens is 318 g/mol. The second-order valence-corrected chi connectivity index (χ2v) is 5.73. The maximum absolute atomic E-state index is 11.9. The first-order valence-electron chi connectivity index (χ1n) is 6.50. The Morgan fingerprint density at radius 3 is 2.60 bits per heavy atom. The summed E-state index contributed by atoms with van der Waals surface area (Å²) in [5.74, 6) is -0.105. The first kappa shape index (κ1) is 13.1. The number of nitrogens with one attached hydrogen (secondary N) is 2. The highest BCUT2D eigenvalue weighted by atomic mass is 79.9. The maximum atomic E-state index is 11.9. The first-order chi connectivity index (χ1) is 9.70. The van der Waals surface area contributed by atoms with Crippen LogP contribution in [0.1, 0.15) is 23.3 Å². The fraction of sp³-hybridized carbons (Fsp3) is 0.200. The van der Waals surface area contributed by atoms with Gasteiger partial charge in [0.25, 0.3) is 5.91 Å². The van der Waals surface area contributed by atoms with Crippen molar-refractivity contribution in [2.24, 2.45) is 0 Å². The van der Waals surface area contributed by atoms with Crippen molar-refractivity contribution in [1.82, 2.24) is 10.3 Å². The van der Waals surface area contributed by atoms with Crippen LogP contribution in [0, 0.1) is 0 Å². The molecule has 1 aliphatic carbocycles. The molecule has 0 spiro atoms. The highest BCUT2D eigenvalue weighted by Gasteiger charge is 2.24. The fourth-order valence-corrected chi connectivity index (χ4v) is 2.08. The summed E-state index contributed by atoms with van der Waals surface area (Å²) in [6, 6.07) is 11.8. The van der Waals surface area contributed by atoms with Crippen LogP contribution in [0.3, 0.4) is 0 Å². The van der Waals surface area contributed by atoms with Crippen molar-refractivity contribution >= 4 is 33.2 Å². The average molecular weight is 332 g/mol. The van der Waals surface area contributed by atoms with Crippen molar-refractivity contribution in [3.8, 4) is 0 Å². The molecule has 1 fully saturated rings. The van der Waals surface area contributed by atoms with Crippen LogP contribution < -0.4 is 10.6 Å². The van der Waals surface area contributed by atoms with Gasteiger partial charge in [-0.25, -0.2) is 0 Å². The van der Waals surface area contributed by atoms with Crippen molar-refractivity contribution < 1.29 is 4.79 Å². The van der Waals surface area contributed by atoms with Gasteiger partial charge < -0.3 is 10.6 Å². The lowest BCUT2D eigenvalue weighted by Crippen LogP contribution is -2.26. The van der Waals surface area contributed by atoms with Crippen molar-refractivity contribution in [2.45, 2.75) is 18.9 Å². The van der Waals surface area contributed by atoms with E-state index in [1.54, 1.807) is 12.3 Å². The number of amides is 1. The van der Waals surface area contributed by atoms with E-state index < -0.39 is 0 Å². The topological polar surface area (TPSA) is 54.0 Å². The number of halogens is 1. The number of hydrogen-bond acceptors (Lipinski definition) is 3. The molecule has 1 aliphatic rings. The molecule has 1 heterocycles. The monoisotopic (exact) mass is 331 g/mol. The highest BCUT2D eigenvalue weighted by molar-refractivity contribution is 9.10. The Hall–Kier alpha value is -1.88. The molecule has 3 rings (SSSR count). The number of carbonyl (C=O) groups excluding carboxylic acids is 1. The van der Waals surface area contributed by atoms with E-state index in [0.29, 0.717) is 11.7 Å². The van der Waals surface area contributed by atoms with Gasteiger partial charge in [-0.05, 0) is 49.2 Å². The van der Waals surface area contributed by atoms with Crippen molar-refractivity contribution in [3.05, 3.63) is 52.8 Å². The third-order valence-corrected chi connectivity index (χ3v) is 3.57. The molecule has 1 aromatic carbocycles. The molecule has 0 aliphatic heterocycles. The molecule has 102 valence electrons. The van der Waals surface area contributed by atoms with Gasteiger partial charge in [-0.2, -0.15) is 0 Å². The third kappa shape index (κ3) is 3.36. The number of nitrogens with zero attached hydrogens (tertiary/aromatic N) is 1. The zero-order valence-electron chi connectivity index (χ0n) is 10.8. The number of benzene rings is 1. The number of anilines is 2. The standard InChI is InChI=1S/C15H14BrN3O/c16-10-1-3-11(4-2-10)18-13-7-8-17-14(9-13)15(20)19-12-5-6-12/h1-4,7-9,12H,5-6H2,(H,17,18)(H,19,20). The van der Waals surface area contributed by atoms with Crippen LogP contribution >= 0.6 is 15.9 Å². The molecule has 1 amide bonds. The van der Waals surface area contributed by atoms with Crippen LogP contribution in [0.4, 0.5) is 11.4 Å². The molecule has 2 N–H and O–H groups in total. The Balaban J connectivity index is 1.73. The zero-order chi connectivity index (χ0) is 13.9. The minimum atomic E-state index is -0.105. The quantitative estimate of drug-likeness (QED) is 0.901.